The van der Waals surface area contributed by atoms with Crippen molar-refractivity contribution in [1.29, 1.82) is 0 Å². The highest BCUT2D eigenvalue weighted by Crippen LogP contribution is 2.17. The molecule has 2 rings (SSSR count). The van der Waals surface area contributed by atoms with Gasteiger partial charge in [0.2, 0.25) is 0 Å². The van der Waals surface area contributed by atoms with Gasteiger partial charge in [-0.15, -0.1) is 24.0 Å². The predicted octanol–water partition coefficient (Wildman–Crippen LogP) is 3.37. The number of nitrogens with zero attached hydrogens (tertiary/aromatic N) is 2. The van der Waals surface area contributed by atoms with Crippen molar-refractivity contribution in [2.75, 3.05) is 39.9 Å². The SMILES string of the molecule is CCNC(=NCc1ccc(Br)c(F)c1)NC1CCN(CCOC)CC1.I. The van der Waals surface area contributed by atoms with E-state index in [0.29, 0.717) is 17.1 Å². The Hall–Kier alpha value is -0.450. The van der Waals surface area contributed by atoms with E-state index in [4.69, 9.17) is 4.74 Å². The van der Waals surface area contributed by atoms with Crippen LogP contribution in [0.1, 0.15) is 25.3 Å². The molecule has 0 radical (unpaired) electrons. The molecule has 1 aromatic rings. The first-order valence-electron chi connectivity index (χ1n) is 8.82. The Morgan fingerprint density at radius 1 is 1.38 bits per heavy atom. The molecule has 2 N–H and O–H groups in total. The van der Waals surface area contributed by atoms with Crippen molar-refractivity contribution >= 4 is 45.9 Å². The molecule has 1 heterocycles. The van der Waals surface area contributed by atoms with Crippen LogP contribution in [-0.2, 0) is 11.3 Å². The van der Waals surface area contributed by atoms with Gasteiger partial charge in [-0.1, -0.05) is 6.07 Å². The molecule has 0 spiro atoms. The third-order valence-electron chi connectivity index (χ3n) is 4.29. The van der Waals surface area contributed by atoms with Gasteiger partial charge < -0.3 is 20.3 Å². The third-order valence-corrected chi connectivity index (χ3v) is 4.93. The zero-order chi connectivity index (χ0) is 18.1. The number of rotatable bonds is 7. The van der Waals surface area contributed by atoms with Crippen molar-refractivity contribution in [1.82, 2.24) is 15.5 Å². The lowest BCUT2D eigenvalue weighted by Gasteiger charge is -2.32. The molecule has 0 atom stereocenters. The fourth-order valence-corrected chi connectivity index (χ4v) is 3.09. The Morgan fingerprint density at radius 3 is 2.73 bits per heavy atom. The average molecular weight is 543 g/mol. The predicted molar refractivity (Wildman–Crippen MR) is 119 cm³/mol. The third kappa shape index (κ3) is 8.06. The first-order valence-corrected chi connectivity index (χ1v) is 9.61. The number of benzene rings is 1. The van der Waals surface area contributed by atoms with Gasteiger partial charge in [0.25, 0.3) is 0 Å². The van der Waals surface area contributed by atoms with Gasteiger partial charge in [-0.3, -0.25) is 0 Å². The van der Waals surface area contributed by atoms with E-state index in [2.05, 4.69) is 36.5 Å². The highest BCUT2D eigenvalue weighted by Gasteiger charge is 2.19. The number of hydrogen-bond acceptors (Lipinski definition) is 3. The maximum atomic E-state index is 13.6. The van der Waals surface area contributed by atoms with Gasteiger partial charge in [0.1, 0.15) is 5.82 Å². The Kier molecular flexibility index (Phi) is 11.7. The summed E-state index contributed by atoms with van der Waals surface area (Å²) in [5.74, 6) is 0.537. The summed E-state index contributed by atoms with van der Waals surface area (Å²) >= 11 is 3.17. The number of likely N-dealkylation sites (tertiary alicyclic amines) is 1. The Labute approximate surface area is 181 Å². The van der Waals surface area contributed by atoms with E-state index in [1.165, 1.54) is 6.07 Å². The molecule has 0 bridgehead atoms. The molecule has 0 aromatic heterocycles. The number of aliphatic imine (C=N–C) groups is 1. The molecule has 8 heteroatoms. The van der Waals surface area contributed by atoms with Crippen molar-refractivity contribution in [2.24, 2.45) is 4.99 Å². The molecule has 26 heavy (non-hydrogen) atoms. The van der Waals surface area contributed by atoms with Gasteiger partial charge in [-0.2, -0.15) is 0 Å². The van der Waals surface area contributed by atoms with Crippen LogP contribution in [0.4, 0.5) is 4.39 Å². The lowest BCUT2D eigenvalue weighted by Crippen LogP contribution is -2.49. The Balaban J connectivity index is 0.00000338. The van der Waals surface area contributed by atoms with Crippen LogP contribution in [0.5, 0.6) is 0 Å². The van der Waals surface area contributed by atoms with E-state index < -0.39 is 0 Å². The smallest absolute Gasteiger partial charge is 0.191 e. The van der Waals surface area contributed by atoms with E-state index in [0.717, 1.165) is 57.2 Å². The van der Waals surface area contributed by atoms with Crippen LogP contribution >= 0.6 is 39.9 Å². The zero-order valence-electron chi connectivity index (χ0n) is 15.4. The second kappa shape index (κ2) is 12.9. The lowest BCUT2D eigenvalue weighted by atomic mass is 10.1. The van der Waals surface area contributed by atoms with Crippen LogP contribution in [0.3, 0.4) is 0 Å². The molecule has 1 aliphatic heterocycles. The molecule has 0 unspecified atom stereocenters. The first kappa shape index (κ1) is 23.6. The zero-order valence-corrected chi connectivity index (χ0v) is 19.3. The molecule has 0 aliphatic carbocycles. The molecular formula is C18H29BrFIN4O. The Morgan fingerprint density at radius 2 is 2.12 bits per heavy atom. The second-order valence-electron chi connectivity index (χ2n) is 6.20. The number of ether oxygens (including phenoxy) is 1. The normalized spacial score (nSPS) is 16.2. The summed E-state index contributed by atoms with van der Waals surface area (Å²) in [6.45, 7) is 7.21. The number of piperidine rings is 1. The highest BCUT2D eigenvalue weighted by atomic mass is 127. The van der Waals surface area contributed by atoms with E-state index in [1.54, 1.807) is 13.2 Å². The van der Waals surface area contributed by atoms with Gasteiger partial charge in [-0.25, -0.2) is 9.38 Å². The number of methoxy groups -OCH3 is 1. The topological polar surface area (TPSA) is 48.9 Å². The summed E-state index contributed by atoms with van der Waals surface area (Å²) in [5.41, 5.74) is 0.854. The van der Waals surface area contributed by atoms with Gasteiger partial charge in [-0.05, 0) is 53.4 Å². The molecule has 5 nitrogen and oxygen atoms in total. The lowest BCUT2D eigenvalue weighted by molar-refractivity contribution is 0.128. The highest BCUT2D eigenvalue weighted by molar-refractivity contribution is 14.0. The van der Waals surface area contributed by atoms with Crippen LogP contribution in [0.2, 0.25) is 0 Å². The molecule has 1 fully saturated rings. The summed E-state index contributed by atoms with van der Waals surface area (Å²) in [6.07, 6.45) is 2.17. The maximum Gasteiger partial charge on any atom is 0.191 e. The molecule has 1 aromatic carbocycles. The minimum Gasteiger partial charge on any atom is -0.383 e. The summed E-state index contributed by atoms with van der Waals surface area (Å²) in [4.78, 5) is 7.02. The quantitative estimate of drug-likeness (QED) is 0.315. The van der Waals surface area contributed by atoms with Crippen LogP contribution in [0.25, 0.3) is 0 Å². The van der Waals surface area contributed by atoms with Gasteiger partial charge >= 0.3 is 0 Å². The van der Waals surface area contributed by atoms with Crippen molar-refractivity contribution in [3.63, 3.8) is 0 Å². The molecule has 0 saturated carbocycles. The minimum absolute atomic E-state index is 0. The van der Waals surface area contributed by atoms with Crippen LogP contribution < -0.4 is 10.6 Å². The average Bonchev–Trinajstić information content (AvgIpc) is 2.62. The number of hydrogen-bond donors (Lipinski definition) is 2. The fraction of sp³-hybridized carbons (Fsp3) is 0.611. The van der Waals surface area contributed by atoms with Gasteiger partial charge in [0.05, 0.1) is 17.6 Å². The van der Waals surface area contributed by atoms with Gasteiger partial charge in [0.15, 0.2) is 5.96 Å². The van der Waals surface area contributed by atoms with Crippen LogP contribution in [0, 0.1) is 5.82 Å². The Bertz CT molecular complexity index is 568. The van der Waals surface area contributed by atoms with E-state index in [-0.39, 0.29) is 29.8 Å². The molecular weight excluding hydrogens is 514 g/mol. The monoisotopic (exact) mass is 542 g/mol. The largest absolute Gasteiger partial charge is 0.383 e. The summed E-state index contributed by atoms with van der Waals surface area (Å²) in [6, 6.07) is 5.54. The van der Waals surface area contributed by atoms with Crippen molar-refractivity contribution < 1.29 is 9.13 Å². The standard InChI is InChI=1S/C18H28BrFN4O.HI/c1-3-21-18(22-13-14-4-5-16(19)17(20)12-14)23-15-6-8-24(9-7-15)10-11-25-2;/h4-5,12,15H,3,6-11,13H2,1-2H3,(H2,21,22,23);1H. The van der Waals surface area contributed by atoms with Crippen LogP contribution in [-0.4, -0.2) is 56.8 Å². The van der Waals surface area contributed by atoms with E-state index in [9.17, 15) is 4.39 Å². The van der Waals surface area contributed by atoms with Crippen LogP contribution in [0.15, 0.2) is 27.7 Å². The van der Waals surface area contributed by atoms with Crippen molar-refractivity contribution in [3.8, 4) is 0 Å². The molecule has 1 saturated heterocycles. The summed E-state index contributed by atoms with van der Waals surface area (Å²) < 4.78 is 19.2. The van der Waals surface area contributed by atoms with E-state index in [1.807, 2.05) is 13.0 Å². The molecule has 1 aliphatic rings. The first-order chi connectivity index (χ1) is 12.1. The second-order valence-corrected chi connectivity index (χ2v) is 7.05. The number of halogens is 3. The minimum atomic E-state index is -0.255. The number of nitrogens with one attached hydrogen (secondary N) is 2. The maximum absolute atomic E-state index is 13.6. The van der Waals surface area contributed by atoms with E-state index >= 15 is 0 Å². The van der Waals surface area contributed by atoms with Gasteiger partial charge in [0, 0.05) is 39.3 Å². The molecule has 0 amide bonds. The van der Waals surface area contributed by atoms with Crippen molar-refractivity contribution in [2.45, 2.75) is 32.4 Å². The fourth-order valence-electron chi connectivity index (χ4n) is 2.84. The number of guanidine groups is 1. The summed E-state index contributed by atoms with van der Waals surface area (Å²) in [7, 11) is 1.74. The molecule has 148 valence electrons. The van der Waals surface area contributed by atoms with Crippen molar-refractivity contribution in [3.05, 3.63) is 34.1 Å². The summed E-state index contributed by atoms with van der Waals surface area (Å²) in [5, 5.41) is 6.78.